The Bertz CT molecular complexity index is 639. The Morgan fingerprint density at radius 1 is 1.29 bits per heavy atom. The molecule has 21 heavy (non-hydrogen) atoms. The lowest BCUT2D eigenvalue weighted by Crippen LogP contribution is -2.34. The summed E-state index contributed by atoms with van der Waals surface area (Å²) in [4.78, 5) is 0. The highest BCUT2D eigenvalue weighted by Crippen LogP contribution is 2.41. The first-order valence-corrected chi connectivity index (χ1v) is 7.02. The van der Waals surface area contributed by atoms with Crippen LogP contribution in [-0.2, 0) is 4.74 Å². The van der Waals surface area contributed by atoms with Gasteiger partial charge in [0.05, 0.1) is 23.4 Å². The molecule has 3 rings (SSSR count). The second-order valence-corrected chi connectivity index (χ2v) is 5.34. The monoisotopic (exact) mass is 283 g/mol. The van der Waals surface area contributed by atoms with E-state index in [2.05, 4.69) is 11.2 Å². The molecule has 0 amide bonds. The lowest BCUT2D eigenvalue weighted by atomic mass is 9.75. The Morgan fingerprint density at radius 3 is 2.67 bits per heavy atom. The number of aliphatic hydroxyl groups excluding tert-OH is 1. The molecule has 0 spiro atoms. The van der Waals surface area contributed by atoms with Crippen molar-refractivity contribution in [3.8, 4) is 11.8 Å². The van der Waals surface area contributed by atoms with Gasteiger partial charge in [-0.1, -0.05) is 18.2 Å². The molecule has 5 nitrogen and oxygen atoms in total. The average molecular weight is 283 g/mol. The number of nitrogens with zero attached hydrogens (tertiary/aromatic N) is 3. The first-order valence-electron chi connectivity index (χ1n) is 7.02. The molecule has 0 bridgehead atoms. The van der Waals surface area contributed by atoms with Gasteiger partial charge in [-0.3, -0.25) is 0 Å². The van der Waals surface area contributed by atoms with Crippen LogP contribution in [0, 0.1) is 16.7 Å². The third kappa shape index (κ3) is 2.56. The van der Waals surface area contributed by atoms with Crippen molar-refractivity contribution in [3.05, 3.63) is 48.3 Å². The van der Waals surface area contributed by atoms with Gasteiger partial charge < -0.3 is 9.84 Å². The first-order chi connectivity index (χ1) is 10.2. The number of aromatic nitrogens is 2. The summed E-state index contributed by atoms with van der Waals surface area (Å²) in [5.74, 6) is 0. The van der Waals surface area contributed by atoms with Crippen molar-refractivity contribution in [2.75, 3.05) is 13.2 Å². The Hall–Kier alpha value is -2.16. The van der Waals surface area contributed by atoms with Crippen molar-refractivity contribution in [2.24, 2.45) is 5.41 Å². The zero-order chi connectivity index (χ0) is 14.7. The van der Waals surface area contributed by atoms with E-state index < -0.39 is 11.5 Å². The van der Waals surface area contributed by atoms with Crippen LogP contribution in [0.5, 0.6) is 0 Å². The molecule has 1 atom stereocenters. The van der Waals surface area contributed by atoms with Gasteiger partial charge in [0.15, 0.2) is 0 Å². The maximum absolute atomic E-state index is 10.6. The van der Waals surface area contributed by atoms with Gasteiger partial charge in [0, 0.05) is 25.0 Å². The number of benzene rings is 1. The summed E-state index contributed by atoms with van der Waals surface area (Å²) in [6.45, 7) is 1.02. The molecular weight excluding hydrogens is 266 g/mol. The molecule has 1 aromatic carbocycles. The third-order valence-electron chi connectivity index (χ3n) is 4.07. The number of ether oxygens (including phenoxy) is 1. The average Bonchev–Trinajstić information content (AvgIpc) is 3.05. The second kappa shape index (κ2) is 5.68. The van der Waals surface area contributed by atoms with E-state index in [1.165, 1.54) is 0 Å². The van der Waals surface area contributed by atoms with Crippen molar-refractivity contribution >= 4 is 0 Å². The fraction of sp³-hybridized carbons (Fsp3) is 0.375. The van der Waals surface area contributed by atoms with Gasteiger partial charge in [0.25, 0.3) is 0 Å². The largest absolute Gasteiger partial charge is 0.387 e. The Labute approximate surface area is 123 Å². The van der Waals surface area contributed by atoms with Gasteiger partial charge in [-0.25, -0.2) is 4.68 Å². The van der Waals surface area contributed by atoms with Gasteiger partial charge in [0.1, 0.15) is 6.10 Å². The highest BCUT2D eigenvalue weighted by molar-refractivity contribution is 5.32. The highest BCUT2D eigenvalue weighted by Gasteiger charge is 2.41. The van der Waals surface area contributed by atoms with Crippen molar-refractivity contribution in [1.29, 1.82) is 5.26 Å². The Morgan fingerprint density at radius 2 is 2.00 bits per heavy atom. The number of rotatable bonds is 3. The predicted molar refractivity (Wildman–Crippen MR) is 76.6 cm³/mol. The van der Waals surface area contributed by atoms with Crippen molar-refractivity contribution < 1.29 is 9.84 Å². The smallest absolute Gasteiger partial charge is 0.101 e. The van der Waals surface area contributed by atoms with E-state index in [4.69, 9.17) is 4.74 Å². The molecule has 1 aliphatic rings. The van der Waals surface area contributed by atoms with E-state index in [9.17, 15) is 10.4 Å². The van der Waals surface area contributed by atoms with Gasteiger partial charge >= 0.3 is 0 Å². The quantitative estimate of drug-likeness (QED) is 0.937. The standard InChI is InChI=1S/C16H17N3O2/c17-12-16(6-8-21-9-7-16)15(20)13-10-18-19(11-13)14-4-2-1-3-5-14/h1-5,10-11,15,20H,6-9H2. The number of para-hydroxylation sites is 1. The normalized spacial score (nSPS) is 18.9. The van der Waals surface area contributed by atoms with Crippen LogP contribution >= 0.6 is 0 Å². The van der Waals surface area contributed by atoms with E-state index in [0.717, 1.165) is 5.69 Å². The number of nitriles is 1. The van der Waals surface area contributed by atoms with Crippen LogP contribution in [0.15, 0.2) is 42.7 Å². The molecule has 1 fully saturated rings. The van der Waals surface area contributed by atoms with E-state index in [1.807, 2.05) is 30.3 Å². The summed E-state index contributed by atoms with van der Waals surface area (Å²) in [7, 11) is 0. The molecule has 0 aliphatic carbocycles. The van der Waals surface area contributed by atoms with Gasteiger partial charge in [0.2, 0.25) is 0 Å². The van der Waals surface area contributed by atoms with Crippen LogP contribution in [-0.4, -0.2) is 28.1 Å². The Kier molecular flexibility index (Phi) is 3.74. The molecule has 2 aromatic rings. The summed E-state index contributed by atoms with van der Waals surface area (Å²) in [6.07, 6.45) is 3.66. The Balaban J connectivity index is 1.87. The molecule has 5 heteroatoms. The minimum atomic E-state index is -0.844. The molecule has 1 N–H and O–H groups in total. The molecule has 1 aliphatic heterocycles. The summed E-state index contributed by atoms with van der Waals surface area (Å²) in [5, 5.41) is 24.4. The van der Waals surface area contributed by atoms with Crippen LogP contribution in [0.3, 0.4) is 0 Å². The third-order valence-corrected chi connectivity index (χ3v) is 4.07. The molecule has 0 radical (unpaired) electrons. The van der Waals surface area contributed by atoms with Gasteiger partial charge in [-0.2, -0.15) is 10.4 Å². The van der Waals surface area contributed by atoms with Crippen LogP contribution in [0.1, 0.15) is 24.5 Å². The fourth-order valence-corrected chi connectivity index (χ4v) is 2.70. The zero-order valence-electron chi connectivity index (χ0n) is 11.6. The number of aliphatic hydroxyl groups is 1. The van der Waals surface area contributed by atoms with Gasteiger partial charge in [-0.05, 0) is 25.0 Å². The second-order valence-electron chi connectivity index (χ2n) is 5.34. The van der Waals surface area contributed by atoms with E-state index in [0.29, 0.717) is 31.6 Å². The van der Waals surface area contributed by atoms with Gasteiger partial charge in [-0.15, -0.1) is 0 Å². The van der Waals surface area contributed by atoms with Crippen molar-refractivity contribution in [3.63, 3.8) is 0 Å². The molecule has 108 valence electrons. The minimum absolute atomic E-state index is 0.511. The first kappa shape index (κ1) is 13.8. The van der Waals surface area contributed by atoms with Crippen LogP contribution in [0.4, 0.5) is 0 Å². The molecule has 2 heterocycles. The van der Waals surface area contributed by atoms with Crippen LogP contribution in [0.2, 0.25) is 0 Å². The highest BCUT2D eigenvalue weighted by atomic mass is 16.5. The molecule has 0 saturated carbocycles. The molecule has 1 unspecified atom stereocenters. The van der Waals surface area contributed by atoms with E-state index in [-0.39, 0.29) is 0 Å². The zero-order valence-corrected chi connectivity index (χ0v) is 11.6. The topological polar surface area (TPSA) is 71.1 Å². The van der Waals surface area contributed by atoms with Crippen molar-refractivity contribution in [2.45, 2.75) is 18.9 Å². The van der Waals surface area contributed by atoms with Crippen LogP contribution in [0.25, 0.3) is 5.69 Å². The summed E-state index contributed by atoms with van der Waals surface area (Å²) in [6, 6.07) is 12.0. The molecule has 1 saturated heterocycles. The van der Waals surface area contributed by atoms with E-state index in [1.54, 1.807) is 17.1 Å². The lowest BCUT2D eigenvalue weighted by molar-refractivity contribution is -0.0310. The summed E-state index contributed by atoms with van der Waals surface area (Å²) < 4.78 is 7.02. The minimum Gasteiger partial charge on any atom is -0.387 e. The fourth-order valence-electron chi connectivity index (χ4n) is 2.70. The molecule has 1 aromatic heterocycles. The molecular formula is C16H17N3O2. The lowest BCUT2D eigenvalue weighted by Gasteiger charge is -2.34. The van der Waals surface area contributed by atoms with Crippen LogP contribution < -0.4 is 0 Å². The van der Waals surface area contributed by atoms with E-state index >= 15 is 0 Å². The summed E-state index contributed by atoms with van der Waals surface area (Å²) in [5.41, 5.74) is 0.819. The maximum atomic E-state index is 10.6. The number of hydrogen-bond donors (Lipinski definition) is 1. The maximum Gasteiger partial charge on any atom is 0.101 e. The number of hydrogen-bond acceptors (Lipinski definition) is 4. The SMILES string of the molecule is N#CC1(C(O)c2cnn(-c3ccccc3)c2)CCOCC1. The van der Waals surface area contributed by atoms with Crippen molar-refractivity contribution in [1.82, 2.24) is 9.78 Å². The summed E-state index contributed by atoms with van der Waals surface area (Å²) >= 11 is 0. The predicted octanol–water partition coefficient (Wildman–Crippen LogP) is 2.23.